The maximum absolute atomic E-state index is 13.3. The van der Waals surface area contributed by atoms with Gasteiger partial charge in [0.1, 0.15) is 5.84 Å². The third kappa shape index (κ3) is 4.23. The maximum Gasteiger partial charge on any atom is 0.243 e. The molecule has 0 aromatic heterocycles. The number of piperidine rings is 1. The van der Waals surface area contributed by atoms with Gasteiger partial charge in [0.05, 0.1) is 17.0 Å². The molecule has 0 saturated carbocycles. The Morgan fingerprint density at radius 1 is 1.10 bits per heavy atom. The molecule has 0 atom stereocenters. The maximum atomic E-state index is 13.3. The van der Waals surface area contributed by atoms with E-state index in [0.29, 0.717) is 18.0 Å². The number of hydrogen-bond donors (Lipinski definition) is 2. The van der Waals surface area contributed by atoms with Crippen molar-refractivity contribution >= 4 is 15.9 Å². The fraction of sp³-hybridized carbons (Fsp3) is 0.682. The van der Waals surface area contributed by atoms with Crippen molar-refractivity contribution < 1.29 is 8.42 Å². The number of rotatable bonds is 2. The molecule has 0 unspecified atom stereocenters. The smallest absolute Gasteiger partial charge is 0.243 e. The number of aliphatic imine (C=N–C) groups is 1. The van der Waals surface area contributed by atoms with Gasteiger partial charge in [0.15, 0.2) is 0 Å². The summed E-state index contributed by atoms with van der Waals surface area (Å²) in [6, 6.07) is 5.74. The van der Waals surface area contributed by atoms with Gasteiger partial charge in [0.25, 0.3) is 0 Å². The lowest BCUT2D eigenvalue weighted by molar-refractivity contribution is 0.238. The van der Waals surface area contributed by atoms with Gasteiger partial charge in [-0.3, -0.25) is 4.99 Å². The predicted molar refractivity (Wildman–Crippen MR) is 117 cm³/mol. The lowest BCUT2D eigenvalue weighted by Crippen LogP contribution is -2.66. The van der Waals surface area contributed by atoms with E-state index in [1.807, 2.05) is 12.1 Å². The molecule has 0 amide bonds. The van der Waals surface area contributed by atoms with E-state index in [-0.39, 0.29) is 11.1 Å². The van der Waals surface area contributed by atoms with Gasteiger partial charge in [-0.05, 0) is 82.6 Å². The molecular formula is C22H34N4O2S. The summed E-state index contributed by atoms with van der Waals surface area (Å²) >= 11 is 0. The van der Waals surface area contributed by atoms with Crippen molar-refractivity contribution in [2.24, 2.45) is 4.99 Å². The van der Waals surface area contributed by atoms with Crippen molar-refractivity contribution in [1.82, 2.24) is 14.9 Å². The fourth-order valence-corrected chi connectivity index (χ4v) is 6.25. The minimum Gasteiger partial charge on any atom is -0.368 e. The number of sulfonamides is 1. The van der Waals surface area contributed by atoms with Crippen LogP contribution in [0.3, 0.4) is 0 Å². The van der Waals surface area contributed by atoms with Crippen molar-refractivity contribution in [2.45, 2.75) is 75.3 Å². The predicted octanol–water partition coefficient (Wildman–Crippen LogP) is 2.48. The highest BCUT2D eigenvalue weighted by Gasteiger charge is 2.44. The number of nitrogens with zero attached hydrogens (tertiary/aromatic N) is 2. The average molecular weight is 419 g/mol. The number of aryl methyl sites for hydroxylation is 2. The van der Waals surface area contributed by atoms with Gasteiger partial charge in [-0.1, -0.05) is 6.07 Å². The van der Waals surface area contributed by atoms with Gasteiger partial charge in [0, 0.05) is 25.2 Å². The Hall–Kier alpha value is -1.44. The summed E-state index contributed by atoms with van der Waals surface area (Å²) in [5.41, 5.74) is 2.21. The largest absolute Gasteiger partial charge is 0.368 e. The Balaban J connectivity index is 1.51. The van der Waals surface area contributed by atoms with Gasteiger partial charge in [-0.25, -0.2) is 8.42 Å². The standard InChI is InChI=1S/C22H34N4O2S/c1-21(2,3)25-20-22(24-13-12-23-20)10-14-26(15-11-22)29(27,28)19-9-8-17-6-4-5-7-18(17)16-19/h8-9,16,24H,4-7,10-15H2,1-3H3,(H,23,25). The molecule has 1 spiro atoms. The van der Waals surface area contributed by atoms with E-state index in [9.17, 15) is 8.42 Å². The zero-order valence-electron chi connectivity index (χ0n) is 17.9. The third-order valence-corrected chi connectivity index (χ3v) is 8.22. The topological polar surface area (TPSA) is 73.8 Å². The normalized spacial score (nSPS) is 22.8. The summed E-state index contributed by atoms with van der Waals surface area (Å²) in [7, 11) is -3.46. The lowest BCUT2D eigenvalue weighted by Gasteiger charge is -2.46. The van der Waals surface area contributed by atoms with Crippen molar-refractivity contribution in [3.05, 3.63) is 29.3 Å². The summed E-state index contributed by atoms with van der Waals surface area (Å²) < 4.78 is 28.3. The number of nitrogens with one attached hydrogen (secondary N) is 2. The van der Waals surface area contributed by atoms with Gasteiger partial charge in [0.2, 0.25) is 10.0 Å². The number of fused-ring (bicyclic) bond motifs is 1. The molecule has 29 heavy (non-hydrogen) atoms. The molecule has 2 aliphatic heterocycles. The van der Waals surface area contributed by atoms with Crippen LogP contribution < -0.4 is 10.6 Å². The Bertz CT molecular complexity index is 894. The first-order chi connectivity index (χ1) is 13.7. The van der Waals surface area contributed by atoms with Crippen LogP contribution in [-0.4, -0.2) is 55.8 Å². The molecule has 0 bridgehead atoms. The van der Waals surface area contributed by atoms with Gasteiger partial charge >= 0.3 is 0 Å². The Kier molecular flexibility index (Phi) is 5.51. The molecule has 6 nitrogen and oxygen atoms in total. The minimum absolute atomic E-state index is 0.0722. The number of benzene rings is 1. The molecular weight excluding hydrogens is 384 g/mol. The highest BCUT2D eigenvalue weighted by atomic mass is 32.2. The van der Waals surface area contributed by atoms with Crippen molar-refractivity contribution in [1.29, 1.82) is 0 Å². The van der Waals surface area contributed by atoms with Crippen LogP contribution in [0.25, 0.3) is 0 Å². The molecule has 0 radical (unpaired) electrons. The monoisotopic (exact) mass is 418 g/mol. The second-order valence-electron chi connectivity index (χ2n) is 9.66. The van der Waals surface area contributed by atoms with Crippen LogP contribution in [0.1, 0.15) is 57.6 Å². The van der Waals surface area contributed by atoms with Crippen LogP contribution in [0.2, 0.25) is 0 Å². The summed E-state index contributed by atoms with van der Waals surface area (Å²) in [6.45, 7) is 9.02. The second-order valence-corrected chi connectivity index (χ2v) is 11.6. The van der Waals surface area contributed by atoms with E-state index in [2.05, 4.69) is 31.4 Å². The summed E-state index contributed by atoms with van der Waals surface area (Å²) in [5.74, 6) is 0.988. The van der Waals surface area contributed by atoms with E-state index in [0.717, 1.165) is 51.0 Å². The minimum atomic E-state index is -3.46. The molecule has 2 heterocycles. The molecule has 1 saturated heterocycles. The van der Waals surface area contributed by atoms with Crippen LogP contribution in [0.5, 0.6) is 0 Å². The first kappa shape index (κ1) is 20.8. The van der Waals surface area contributed by atoms with E-state index < -0.39 is 10.0 Å². The van der Waals surface area contributed by atoms with E-state index in [1.54, 1.807) is 10.4 Å². The van der Waals surface area contributed by atoms with Crippen LogP contribution in [0.4, 0.5) is 0 Å². The van der Waals surface area contributed by atoms with Crippen LogP contribution in [0, 0.1) is 0 Å². The lowest BCUT2D eigenvalue weighted by atomic mass is 9.85. The van der Waals surface area contributed by atoms with Gasteiger partial charge < -0.3 is 10.6 Å². The van der Waals surface area contributed by atoms with Crippen molar-refractivity contribution in [3.63, 3.8) is 0 Å². The Morgan fingerprint density at radius 3 is 2.48 bits per heavy atom. The van der Waals surface area contributed by atoms with Crippen LogP contribution >= 0.6 is 0 Å². The number of hydrogen-bond acceptors (Lipinski definition) is 5. The molecule has 3 aliphatic rings. The molecule has 1 aromatic rings. The Labute approximate surface area is 175 Å². The first-order valence-electron chi connectivity index (χ1n) is 10.9. The summed E-state index contributed by atoms with van der Waals surface area (Å²) in [4.78, 5) is 5.21. The number of amidine groups is 1. The van der Waals surface area contributed by atoms with Crippen LogP contribution in [0.15, 0.2) is 28.1 Å². The molecule has 160 valence electrons. The van der Waals surface area contributed by atoms with E-state index in [1.165, 1.54) is 17.5 Å². The second kappa shape index (κ2) is 7.67. The molecule has 1 aromatic carbocycles. The first-order valence-corrected chi connectivity index (χ1v) is 12.3. The molecule has 2 N–H and O–H groups in total. The average Bonchev–Trinajstić information content (AvgIpc) is 2.69. The highest BCUT2D eigenvalue weighted by molar-refractivity contribution is 7.89. The van der Waals surface area contributed by atoms with E-state index in [4.69, 9.17) is 4.99 Å². The van der Waals surface area contributed by atoms with Crippen LogP contribution in [-0.2, 0) is 22.9 Å². The molecule has 7 heteroatoms. The summed E-state index contributed by atoms with van der Waals surface area (Å²) in [6.07, 6.45) is 5.88. The zero-order valence-corrected chi connectivity index (χ0v) is 18.7. The Morgan fingerprint density at radius 2 is 1.79 bits per heavy atom. The fourth-order valence-electron chi connectivity index (χ4n) is 4.75. The zero-order chi connectivity index (χ0) is 20.7. The molecule has 1 fully saturated rings. The quantitative estimate of drug-likeness (QED) is 0.774. The summed E-state index contributed by atoms with van der Waals surface area (Å²) in [5, 5.41) is 7.20. The molecule has 1 aliphatic carbocycles. The van der Waals surface area contributed by atoms with Crippen molar-refractivity contribution in [3.8, 4) is 0 Å². The van der Waals surface area contributed by atoms with Crippen molar-refractivity contribution in [2.75, 3.05) is 26.2 Å². The van der Waals surface area contributed by atoms with Gasteiger partial charge in [-0.2, -0.15) is 4.31 Å². The SMILES string of the molecule is CC(C)(C)NC1=NCCNC12CCN(S(=O)(=O)c1ccc3c(c1)CCCC3)CC2. The third-order valence-electron chi connectivity index (χ3n) is 6.33. The van der Waals surface area contributed by atoms with Gasteiger partial charge in [-0.15, -0.1) is 0 Å². The van der Waals surface area contributed by atoms with E-state index >= 15 is 0 Å². The highest BCUT2D eigenvalue weighted by Crippen LogP contribution is 2.31. The molecule has 4 rings (SSSR count).